The van der Waals surface area contributed by atoms with E-state index in [1.165, 1.54) is 10.9 Å². The fourth-order valence-corrected chi connectivity index (χ4v) is 2.23. The van der Waals surface area contributed by atoms with Crippen LogP contribution in [0.25, 0.3) is 16.6 Å². The van der Waals surface area contributed by atoms with Gasteiger partial charge in [-0.3, -0.25) is 4.57 Å². The maximum atomic E-state index is 9.24. The Hall–Kier alpha value is -3.38. The van der Waals surface area contributed by atoms with Gasteiger partial charge in [-0.05, 0) is 12.1 Å². The molecule has 0 aliphatic rings. The molecule has 0 saturated heterocycles. The molecule has 0 atom stereocenters. The SMILES string of the molecule is COc1cccc2c(-n3cnc(C#N)c3C#N)nccc12. The van der Waals surface area contributed by atoms with E-state index in [9.17, 15) is 5.26 Å². The lowest BCUT2D eigenvalue weighted by molar-refractivity contribution is 0.420. The van der Waals surface area contributed by atoms with Crippen LogP contribution in [-0.4, -0.2) is 21.6 Å². The first-order valence-corrected chi connectivity index (χ1v) is 6.09. The molecule has 0 fully saturated rings. The van der Waals surface area contributed by atoms with Crippen molar-refractivity contribution in [2.45, 2.75) is 0 Å². The second kappa shape index (κ2) is 4.95. The molecule has 0 amide bonds. The minimum Gasteiger partial charge on any atom is -0.496 e. The van der Waals surface area contributed by atoms with Crippen molar-refractivity contribution in [1.29, 1.82) is 10.5 Å². The van der Waals surface area contributed by atoms with Gasteiger partial charge in [-0.2, -0.15) is 10.5 Å². The second-order valence-corrected chi connectivity index (χ2v) is 4.23. The third-order valence-electron chi connectivity index (χ3n) is 3.17. The molecule has 3 aromatic rings. The lowest BCUT2D eigenvalue weighted by Crippen LogP contribution is -2.01. The van der Waals surface area contributed by atoms with Crippen molar-refractivity contribution in [2.75, 3.05) is 7.11 Å². The minimum absolute atomic E-state index is 0.0826. The van der Waals surface area contributed by atoms with Crippen LogP contribution in [0.1, 0.15) is 11.4 Å². The van der Waals surface area contributed by atoms with Crippen molar-refractivity contribution in [2.24, 2.45) is 0 Å². The number of methoxy groups -OCH3 is 1. The highest BCUT2D eigenvalue weighted by molar-refractivity contribution is 5.93. The molecule has 2 heterocycles. The van der Waals surface area contributed by atoms with E-state index in [0.717, 1.165) is 16.5 Å². The lowest BCUT2D eigenvalue weighted by Gasteiger charge is -2.09. The lowest BCUT2D eigenvalue weighted by atomic mass is 10.1. The van der Waals surface area contributed by atoms with Crippen LogP contribution in [-0.2, 0) is 0 Å². The standard InChI is InChI=1S/C15H9N5O/c1-21-14-4-2-3-11-10(14)5-6-18-15(11)20-9-19-12(7-16)13(20)8-17/h2-6,9H,1H3. The predicted octanol–water partition coefficient (Wildman–Crippen LogP) is 2.17. The third kappa shape index (κ3) is 1.87. The van der Waals surface area contributed by atoms with E-state index in [2.05, 4.69) is 9.97 Å². The van der Waals surface area contributed by atoms with Gasteiger partial charge < -0.3 is 4.74 Å². The third-order valence-corrected chi connectivity index (χ3v) is 3.17. The Bertz CT molecular complexity index is 914. The molecule has 2 aromatic heterocycles. The highest BCUT2D eigenvalue weighted by Crippen LogP contribution is 2.29. The summed E-state index contributed by atoms with van der Waals surface area (Å²) in [5, 5.41) is 19.9. The van der Waals surface area contributed by atoms with Gasteiger partial charge in [-0.25, -0.2) is 9.97 Å². The molecule has 0 aliphatic carbocycles. The van der Waals surface area contributed by atoms with Crippen LogP contribution in [0.15, 0.2) is 36.8 Å². The van der Waals surface area contributed by atoms with Gasteiger partial charge in [0.25, 0.3) is 0 Å². The topological polar surface area (TPSA) is 87.5 Å². The Balaban J connectivity index is 2.35. The number of fused-ring (bicyclic) bond motifs is 1. The molecule has 21 heavy (non-hydrogen) atoms. The summed E-state index contributed by atoms with van der Waals surface area (Å²) in [5.41, 5.74) is 0.250. The first-order valence-electron chi connectivity index (χ1n) is 6.09. The summed E-state index contributed by atoms with van der Waals surface area (Å²) in [4.78, 5) is 8.26. The highest BCUT2D eigenvalue weighted by atomic mass is 16.5. The smallest absolute Gasteiger partial charge is 0.177 e. The molecule has 6 heteroatoms. The van der Waals surface area contributed by atoms with E-state index in [1.807, 2.05) is 36.4 Å². The summed E-state index contributed by atoms with van der Waals surface area (Å²) in [5.74, 6) is 1.26. The number of aromatic nitrogens is 3. The molecular weight excluding hydrogens is 266 g/mol. The monoisotopic (exact) mass is 275 g/mol. The fourth-order valence-electron chi connectivity index (χ4n) is 2.23. The molecule has 1 aromatic carbocycles. The Morgan fingerprint density at radius 3 is 2.67 bits per heavy atom. The minimum atomic E-state index is 0.0826. The van der Waals surface area contributed by atoms with E-state index in [-0.39, 0.29) is 11.4 Å². The zero-order valence-corrected chi connectivity index (χ0v) is 11.1. The van der Waals surface area contributed by atoms with Crippen LogP contribution in [0.2, 0.25) is 0 Å². The normalized spacial score (nSPS) is 10.0. The maximum absolute atomic E-state index is 9.24. The van der Waals surface area contributed by atoms with E-state index in [1.54, 1.807) is 13.3 Å². The molecular formula is C15H9N5O. The van der Waals surface area contributed by atoms with E-state index in [0.29, 0.717) is 5.82 Å². The summed E-state index contributed by atoms with van der Waals surface area (Å²) in [7, 11) is 1.60. The van der Waals surface area contributed by atoms with Crippen LogP contribution in [0.3, 0.4) is 0 Å². The quantitative estimate of drug-likeness (QED) is 0.715. The number of imidazole rings is 1. The van der Waals surface area contributed by atoms with Gasteiger partial charge >= 0.3 is 0 Å². The van der Waals surface area contributed by atoms with Crippen molar-refractivity contribution in [1.82, 2.24) is 14.5 Å². The summed E-state index contributed by atoms with van der Waals surface area (Å²) < 4.78 is 6.85. The molecule has 0 saturated carbocycles. The molecule has 6 nitrogen and oxygen atoms in total. The van der Waals surface area contributed by atoms with Crippen molar-refractivity contribution < 1.29 is 4.74 Å². The van der Waals surface area contributed by atoms with Crippen molar-refractivity contribution in [3.8, 4) is 23.7 Å². The van der Waals surface area contributed by atoms with Crippen LogP contribution in [0, 0.1) is 22.7 Å². The van der Waals surface area contributed by atoms with E-state index < -0.39 is 0 Å². The molecule has 0 bridgehead atoms. The predicted molar refractivity (Wildman–Crippen MR) is 74.8 cm³/mol. The number of pyridine rings is 1. The molecule has 0 unspecified atom stereocenters. The van der Waals surface area contributed by atoms with Gasteiger partial charge in [-0.1, -0.05) is 12.1 Å². The summed E-state index contributed by atoms with van der Waals surface area (Å²) in [6.45, 7) is 0. The summed E-state index contributed by atoms with van der Waals surface area (Å²) in [6.07, 6.45) is 3.06. The van der Waals surface area contributed by atoms with Gasteiger partial charge in [-0.15, -0.1) is 0 Å². The average molecular weight is 275 g/mol. The fraction of sp³-hybridized carbons (Fsp3) is 0.0667. The summed E-state index contributed by atoms with van der Waals surface area (Å²) >= 11 is 0. The first kappa shape index (κ1) is 12.6. The molecule has 0 spiro atoms. The maximum Gasteiger partial charge on any atom is 0.177 e. The molecule has 0 radical (unpaired) electrons. The highest BCUT2D eigenvalue weighted by Gasteiger charge is 2.15. The number of nitrogens with zero attached hydrogens (tertiary/aromatic N) is 5. The van der Waals surface area contributed by atoms with E-state index >= 15 is 0 Å². The Morgan fingerprint density at radius 2 is 1.95 bits per heavy atom. The van der Waals surface area contributed by atoms with Crippen LogP contribution in [0.4, 0.5) is 0 Å². The van der Waals surface area contributed by atoms with Crippen molar-refractivity contribution >= 4 is 10.8 Å². The van der Waals surface area contributed by atoms with E-state index in [4.69, 9.17) is 10.00 Å². The number of ether oxygens (including phenoxy) is 1. The first-order chi connectivity index (χ1) is 10.3. The van der Waals surface area contributed by atoms with Gasteiger partial charge in [0.15, 0.2) is 11.4 Å². The summed E-state index contributed by atoms with van der Waals surface area (Å²) in [6, 6.07) is 11.3. The molecule has 0 aliphatic heterocycles. The van der Waals surface area contributed by atoms with Crippen LogP contribution in [0.5, 0.6) is 5.75 Å². The van der Waals surface area contributed by atoms with Gasteiger partial charge in [0.2, 0.25) is 0 Å². The van der Waals surface area contributed by atoms with Gasteiger partial charge in [0.05, 0.1) is 7.11 Å². The number of rotatable bonds is 2. The number of hydrogen-bond acceptors (Lipinski definition) is 5. The average Bonchev–Trinajstić information content (AvgIpc) is 2.96. The Morgan fingerprint density at radius 1 is 1.10 bits per heavy atom. The molecule has 0 N–H and O–H groups in total. The Labute approximate surface area is 120 Å². The Kier molecular flexibility index (Phi) is 2.98. The van der Waals surface area contributed by atoms with Gasteiger partial charge in [0.1, 0.15) is 30.0 Å². The van der Waals surface area contributed by atoms with Crippen molar-refractivity contribution in [3.05, 3.63) is 48.2 Å². The van der Waals surface area contributed by atoms with Crippen LogP contribution < -0.4 is 4.74 Å². The number of hydrogen-bond donors (Lipinski definition) is 0. The zero-order chi connectivity index (χ0) is 14.8. The second-order valence-electron chi connectivity index (χ2n) is 4.23. The molecule has 100 valence electrons. The van der Waals surface area contributed by atoms with Gasteiger partial charge in [0, 0.05) is 17.0 Å². The van der Waals surface area contributed by atoms with Crippen LogP contribution >= 0.6 is 0 Å². The molecule has 3 rings (SSSR count). The largest absolute Gasteiger partial charge is 0.496 e. The number of benzene rings is 1. The zero-order valence-electron chi connectivity index (χ0n) is 11.1. The van der Waals surface area contributed by atoms with Crippen molar-refractivity contribution in [3.63, 3.8) is 0 Å². The number of nitriles is 2.